The van der Waals surface area contributed by atoms with Crippen LogP contribution in [0, 0.1) is 58.2 Å². The molecule has 2 aliphatic heterocycles. The van der Waals surface area contributed by atoms with Crippen molar-refractivity contribution in [3.8, 4) is 0 Å². The highest BCUT2D eigenvalue weighted by Gasteiger charge is 2.49. The van der Waals surface area contributed by atoms with Gasteiger partial charge in [-0.3, -0.25) is 77.1 Å². The molecule has 4 fully saturated rings. The number of esters is 2. The zero-order valence-corrected chi connectivity index (χ0v) is 67.2. The highest BCUT2D eigenvalue weighted by Crippen LogP contribution is 2.36. The molecule has 0 unspecified atom stereocenters. The quantitative estimate of drug-likeness (QED) is 0.0188. The summed E-state index contributed by atoms with van der Waals surface area (Å²) in [7, 11) is 2.39. The summed E-state index contributed by atoms with van der Waals surface area (Å²) in [6.07, 6.45) is 16.2. The Labute approximate surface area is 663 Å². The fourth-order valence-electron chi connectivity index (χ4n) is 14.9. The minimum atomic E-state index is -1.39. The van der Waals surface area contributed by atoms with Crippen molar-refractivity contribution in [1.82, 2.24) is 41.0 Å². The molecule has 0 spiro atoms. The number of carbonyl (C=O) groups is 18. The number of methoxy groups -OCH3 is 2. The van der Waals surface area contributed by atoms with Crippen molar-refractivity contribution in [1.29, 1.82) is 0 Å². The van der Waals surface area contributed by atoms with Crippen molar-refractivity contribution in [2.24, 2.45) is 58.2 Å². The van der Waals surface area contributed by atoms with Crippen LogP contribution in [0.4, 0.5) is 0 Å². The molecule has 2 aromatic heterocycles. The molecule has 2 saturated heterocycles. The summed E-state index contributed by atoms with van der Waals surface area (Å²) >= 11 is 0. The van der Waals surface area contributed by atoms with Gasteiger partial charge in [0, 0.05) is 92.9 Å². The predicted octanol–water partition coefficient (Wildman–Crippen LogP) is 7.12. The first-order valence-corrected chi connectivity index (χ1v) is 38.8. The molecule has 32 heteroatoms. The van der Waals surface area contributed by atoms with Crippen molar-refractivity contribution in [2.45, 2.75) is 234 Å². The first-order valence-electron chi connectivity index (χ1n) is 38.8. The summed E-state index contributed by atoms with van der Waals surface area (Å²) in [5.74, 6) is -19.0. The number of hydrogen-bond donors (Lipinski definition) is 8. The third-order valence-electron chi connectivity index (χ3n) is 21.4. The summed E-state index contributed by atoms with van der Waals surface area (Å²) in [5, 5.41) is 50.0. The van der Waals surface area contributed by atoms with Crippen LogP contribution in [0.1, 0.15) is 239 Å². The molecule has 6 rings (SSSR count). The van der Waals surface area contributed by atoms with Gasteiger partial charge in [-0.2, -0.15) is 0 Å². The topological polar surface area (TPSA) is 487 Å². The molecule has 114 heavy (non-hydrogen) atoms. The van der Waals surface area contributed by atoms with Gasteiger partial charge in [0.05, 0.1) is 67.9 Å². The number of carboxylic acids is 4. The van der Waals surface area contributed by atoms with Crippen LogP contribution in [-0.2, 0) is 76.6 Å². The van der Waals surface area contributed by atoms with Crippen LogP contribution in [0.2, 0.25) is 0 Å². The van der Waals surface area contributed by atoms with Crippen LogP contribution < -0.4 is 21.3 Å². The van der Waals surface area contributed by atoms with E-state index in [9.17, 15) is 107 Å². The second kappa shape index (κ2) is 43.6. The minimum Gasteiger partial charge on any atom is -0.481 e. The minimum absolute atomic E-state index is 0.000119. The number of carbonyl (C=O) groups excluding carboxylic acids is 14. The number of carboxylic acid groups (broad SMARTS) is 4. The number of aliphatic carboxylic acids is 2. The van der Waals surface area contributed by atoms with Gasteiger partial charge in [0.1, 0.15) is 24.2 Å². The number of Topliss-reactive ketones (excluding diaryl/α,β-unsaturated/α-hetero) is 6. The fourth-order valence-corrected chi connectivity index (χ4v) is 14.9. The van der Waals surface area contributed by atoms with Crippen LogP contribution in [0.15, 0.2) is 61.2 Å². The van der Waals surface area contributed by atoms with Crippen LogP contribution >= 0.6 is 0 Å². The first kappa shape index (κ1) is 94.0. The number of rotatable bonds is 38. The van der Waals surface area contributed by atoms with E-state index in [1.54, 1.807) is 69.2 Å². The van der Waals surface area contributed by atoms with Gasteiger partial charge in [0.15, 0.2) is 34.7 Å². The van der Waals surface area contributed by atoms with E-state index in [-0.39, 0.29) is 85.5 Å². The lowest BCUT2D eigenvalue weighted by Crippen LogP contribution is -2.59. The molecule has 2 saturated carbocycles. The molecule has 6 amide bonds. The van der Waals surface area contributed by atoms with Crippen molar-refractivity contribution < 1.29 is 116 Å². The van der Waals surface area contributed by atoms with E-state index < -0.39 is 214 Å². The molecule has 2 aromatic rings. The third kappa shape index (κ3) is 27.3. The Balaban J connectivity index is 0.000000407. The Hall–Kier alpha value is -10.6. The summed E-state index contributed by atoms with van der Waals surface area (Å²) < 4.78 is 9.20. The van der Waals surface area contributed by atoms with Gasteiger partial charge in [-0.25, -0.2) is 19.2 Å². The largest absolute Gasteiger partial charge is 0.481 e. The highest BCUT2D eigenvalue weighted by molar-refractivity contribution is 6.09. The summed E-state index contributed by atoms with van der Waals surface area (Å²) in [5.41, 5.74) is -3.05. The van der Waals surface area contributed by atoms with Gasteiger partial charge in [0.25, 0.3) is 0 Å². The Kier molecular flexibility index (Phi) is 36.0. The molecule has 8 N–H and O–H groups in total. The smallest absolute Gasteiger partial charge is 0.338 e. The third-order valence-corrected chi connectivity index (χ3v) is 21.4. The molecule has 32 nitrogen and oxygen atoms in total. The number of amides is 6. The van der Waals surface area contributed by atoms with Gasteiger partial charge in [0.2, 0.25) is 35.4 Å². The number of aromatic nitrogens is 2. The van der Waals surface area contributed by atoms with Crippen molar-refractivity contribution >= 4 is 106 Å². The van der Waals surface area contributed by atoms with E-state index in [0.29, 0.717) is 25.7 Å². The summed E-state index contributed by atoms with van der Waals surface area (Å²) in [6, 6.07) is -5.06. The average Bonchev–Trinajstić information content (AvgIpc) is 1.60. The van der Waals surface area contributed by atoms with Gasteiger partial charge < -0.3 is 61.0 Å². The molecule has 4 aliphatic rings. The van der Waals surface area contributed by atoms with E-state index >= 15 is 0 Å². The lowest BCUT2D eigenvalue weighted by atomic mass is 9.77. The molecule has 624 valence electrons. The standard InChI is InChI=1S/2C41H56N4O12/c1-23(2)34(32(48)20-28(40(55)56)24-12-8-7-9-13-24)43-37(51)30-19-26(46)22-45(30)38(52)35(41(3,4)5)44-36(50)25(14-10-11-15-33(49)57-6)18-31(47)29-21-42-17-16-27(29)39(53)54;1-23(2)34(32(48)20-28(39(53)54)24-12-8-7-9-13-24)43-37(51)30-19-26(46)22-45(30)38(52)35(41(3,4)5)44-36(50)25(14-10-11-15-33(49)57-6)18-31(47)27-16-17-42-21-29(27)40(55)56/h2*11,15-17,21,23-25,28,30,34-35H,7-10,12-14,18-20,22H2,1-6H3,(H,43,51)(H,44,50)(H,53,54)(H,55,56)/b2*15-11+/t2*25-,28+,30+,34+,35-/m11/s1. The Morgan fingerprint density at radius 3 is 1.18 bits per heavy atom. The van der Waals surface area contributed by atoms with Gasteiger partial charge in [-0.15, -0.1) is 0 Å². The molecule has 10 atom stereocenters. The van der Waals surface area contributed by atoms with E-state index in [1.165, 1.54) is 44.8 Å². The van der Waals surface area contributed by atoms with Gasteiger partial charge in [-0.05, 0) is 98.0 Å². The van der Waals surface area contributed by atoms with Crippen LogP contribution in [0.5, 0.6) is 0 Å². The number of nitrogens with zero attached hydrogens (tertiary/aromatic N) is 4. The van der Waals surface area contributed by atoms with Crippen molar-refractivity contribution in [3.63, 3.8) is 0 Å². The number of aromatic carboxylic acids is 2. The average molecular weight is 1590 g/mol. The van der Waals surface area contributed by atoms with E-state index in [4.69, 9.17) is 0 Å². The number of likely N-dealkylation sites (tertiary alicyclic amines) is 2. The van der Waals surface area contributed by atoms with E-state index in [1.807, 2.05) is 0 Å². The molecule has 0 bridgehead atoms. The molecule has 4 heterocycles. The SMILES string of the molecule is COC(=O)/C=C/CC[C@H](CC(=O)c1ccncc1C(=O)O)C(=O)N[C@H](C(=O)N1CC(=O)C[C@H]1C(=O)N[C@H](C(=O)C[C@H](C(=O)O)C1CCCCC1)C(C)C)C(C)(C)C.COC(=O)/C=C/CC[C@H](CC(=O)c1cnccc1C(=O)O)C(=O)N[C@H](C(=O)N1CC(=O)C[C@H]1C(=O)N[C@H](C(=O)C[C@H](C(=O)O)C1CCCCC1)C(C)C)C(C)(C)C. The lowest BCUT2D eigenvalue weighted by molar-refractivity contribution is -0.147. The second-order valence-electron chi connectivity index (χ2n) is 32.7. The number of hydrogen-bond acceptors (Lipinski definition) is 22. The molecular formula is C82H112N8O24. The zero-order valence-electron chi connectivity index (χ0n) is 67.2. The van der Waals surface area contributed by atoms with Gasteiger partial charge >= 0.3 is 35.8 Å². The first-order chi connectivity index (χ1) is 53.5. The van der Waals surface area contributed by atoms with E-state index in [0.717, 1.165) is 78.9 Å². The number of allylic oxidation sites excluding steroid dienone is 2. The maximum absolute atomic E-state index is 14.3. The lowest BCUT2D eigenvalue weighted by Gasteiger charge is -2.36. The molecule has 2 aliphatic carbocycles. The number of nitrogens with one attached hydrogen (secondary N) is 4. The predicted molar refractivity (Wildman–Crippen MR) is 409 cm³/mol. The molecule has 0 radical (unpaired) electrons. The maximum Gasteiger partial charge on any atom is 0.338 e. The number of pyridine rings is 2. The number of ether oxygens (including phenoxy) is 2. The monoisotopic (exact) mass is 1590 g/mol. The van der Waals surface area contributed by atoms with Crippen molar-refractivity contribution in [3.05, 3.63) is 83.5 Å². The van der Waals surface area contributed by atoms with E-state index in [2.05, 4.69) is 40.7 Å². The Bertz CT molecular complexity index is 3700. The summed E-state index contributed by atoms with van der Waals surface area (Å²) in [6.45, 7) is 15.9. The maximum atomic E-state index is 14.3. The van der Waals surface area contributed by atoms with Crippen molar-refractivity contribution in [2.75, 3.05) is 27.3 Å². The van der Waals surface area contributed by atoms with Gasteiger partial charge in [-0.1, -0.05) is 120 Å². The van der Waals surface area contributed by atoms with Crippen LogP contribution in [-0.4, -0.2) is 210 Å². The number of ketones is 6. The summed E-state index contributed by atoms with van der Waals surface area (Å²) in [4.78, 5) is 245. The Morgan fingerprint density at radius 2 is 0.842 bits per heavy atom. The molecular weight excluding hydrogens is 1480 g/mol. The normalized spacial score (nSPS) is 18.4. The fraction of sp³-hybridized carbons (Fsp3) is 0.610. The Morgan fingerprint density at radius 1 is 0.491 bits per heavy atom. The molecule has 0 aromatic carbocycles. The highest BCUT2D eigenvalue weighted by atomic mass is 16.5. The second-order valence-corrected chi connectivity index (χ2v) is 32.7. The zero-order chi connectivity index (χ0) is 85.2. The van der Waals surface area contributed by atoms with Crippen LogP contribution in [0.3, 0.4) is 0 Å². The van der Waals surface area contributed by atoms with Crippen LogP contribution in [0.25, 0.3) is 0 Å².